The summed E-state index contributed by atoms with van der Waals surface area (Å²) in [6.07, 6.45) is 0. The first-order valence-electron chi connectivity index (χ1n) is 12.5. The molecule has 2 aromatic rings. The Kier molecular flexibility index (Phi) is 7.92. The van der Waals surface area contributed by atoms with Crippen LogP contribution in [0.25, 0.3) is 0 Å². The van der Waals surface area contributed by atoms with Crippen LogP contribution in [0.1, 0.15) is 41.4 Å². The largest absolute Gasteiger partial charge is 0.463 e. The minimum atomic E-state index is -0.838. The van der Waals surface area contributed by atoms with E-state index in [-0.39, 0.29) is 24.1 Å². The highest BCUT2D eigenvalue weighted by Crippen LogP contribution is 2.32. The van der Waals surface area contributed by atoms with Gasteiger partial charge in [-0.15, -0.1) is 0 Å². The number of amides is 3. The predicted molar refractivity (Wildman–Crippen MR) is 137 cm³/mol. The molecule has 0 aliphatic carbocycles. The monoisotopic (exact) mass is 508 g/mol. The van der Waals surface area contributed by atoms with Crippen molar-refractivity contribution in [2.75, 3.05) is 39.8 Å². The van der Waals surface area contributed by atoms with Crippen LogP contribution in [0.2, 0.25) is 0 Å². The lowest BCUT2D eigenvalue weighted by Gasteiger charge is -2.42. The van der Waals surface area contributed by atoms with Crippen LogP contribution in [-0.2, 0) is 9.53 Å². The van der Waals surface area contributed by atoms with Gasteiger partial charge in [0.05, 0.1) is 18.2 Å². The Balaban J connectivity index is 1.59. The molecule has 0 radical (unpaired) electrons. The van der Waals surface area contributed by atoms with Gasteiger partial charge in [0.15, 0.2) is 0 Å². The summed E-state index contributed by atoms with van der Waals surface area (Å²) >= 11 is 0. The number of carbonyl (C=O) groups excluding carboxylic acids is 3. The van der Waals surface area contributed by atoms with Crippen molar-refractivity contribution in [3.63, 3.8) is 0 Å². The van der Waals surface area contributed by atoms with E-state index in [4.69, 9.17) is 4.74 Å². The topological polar surface area (TPSA) is 82.2 Å². The number of urea groups is 1. The zero-order chi connectivity index (χ0) is 26.7. The van der Waals surface area contributed by atoms with Crippen LogP contribution in [0.4, 0.5) is 9.18 Å². The molecule has 37 heavy (non-hydrogen) atoms. The minimum absolute atomic E-state index is 0.0149. The van der Waals surface area contributed by atoms with Gasteiger partial charge in [-0.25, -0.2) is 14.0 Å². The Hall–Kier alpha value is -3.72. The van der Waals surface area contributed by atoms with Crippen molar-refractivity contribution in [3.8, 4) is 0 Å². The second-order valence-electron chi connectivity index (χ2n) is 9.53. The lowest BCUT2D eigenvalue weighted by Crippen LogP contribution is -2.56. The average molecular weight is 509 g/mol. The number of carbonyl (C=O) groups is 3. The third-order valence-corrected chi connectivity index (χ3v) is 6.90. The smallest absolute Gasteiger partial charge is 0.338 e. The van der Waals surface area contributed by atoms with Crippen LogP contribution < -0.4 is 5.32 Å². The standard InChI is InChI=1S/C28H33FN4O4/c1-5-37-27(35)24-23(31(4)28(36)30-25(24)21-7-6-8-22(29)15-21)17-32-13-14-33(19(3)16-32)26(34)20-11-9-18(2)10-12-20/h6-12,15,19,25H,5,13-14,16-17H2,1-4H3,(H,30,36). The molecule has 0 aromatic heterocycles. The van der Waals surface area contributed by atoms with Gasteiger partial charge in [-0.05, 0) is 50.6 Å². The highest BCUT2D eigenvalue weighted by molar-refractivity contribution is 5.95. The van der Waals surface area contributed by atoms with Crippen LogP contribution in [0.15, 0.2) is 59.8 Å². The second-order valence-corrected chi connectivity index (χ2v) is 9.53. The van der Waals surface area contributed by atoms with Gasteiger partial charge in [0.2, 0.25) is 0 Å². The quantitative estimate of drug-likeness (QED) is 0.604. The van der Waals surface area contributed by atoms with Crippen molar-refractivity contribution in [1.82, 2.24) is 20.0 Å². The van der Waals surface area contributed by atoms with Crippen LogP contribution in [0, 0.1) is 12.7 Å². The van der Waals surface area contributed by atoms with E-state index >= 15 is 0 Å². The predicted octanol–water partition coefficient (Wildman–Crippen LogP) is 3.49. The number of nitrogens with zero attached hydrogens (tertiary/aromatic N) is 3. The summed E-state index contributed by atoms with van der Waals surface area (Å²) in [5.74, 6) is -1.03. The summed E-state index contributed by atoms with van der Waals surface area (Å²) in [4.78, 5) is 44.5. The first-order chi connectivity index (χ1) is 17.7. The number of nitrogens with one attached hydrogen (secondary N) is 1. The van der Waals surface area contributed by atoms with Gasteiger partial charge in [0, 0.05) is 50.5 Å². The third-order valence-electron chi connectivity index (χ3n) is 6.90. The normalized spacial score (nSPS) is 20.6. The maximum absolute atomic E-state index is 14.0. The van der Waals surface area contributed by atoms with Gasteiger partial charge in [-0.1, -0.05) is 29.8 Å². The van der Waals surface area contributed by atoms with Crippen molar-refractivity contribution < 1.29 is 23.5 Å². The molecular formula is C28H33FN4O4. The SMILES string of the molecule is CCOC(=O)C1=C(CN2CCN(C(=O)c3ccc(C)cc3)C(C)C2)N(C)C(=O)NC1c1cccc(F)c1. The van der Waals surface area contributed by atoms with Crippen LogP contribution >= 0.6 is 0 Å². The molecule has 2 aromatic carbocycles. The molecule has 2 atom stereocenters. The second kappa shape index (κ2) is 11.1. The number of hydrogen-bond donors (Lipinski definition) is 1. The fraction of sp³-hybridized carbons (Fsp3) is 0.393. The number of aryl methyl sites for hydroxylation is 1. The number of esters is 1. The van der Waals surface area contributed by atoms with Gasteiger partial charge in [0.1, 0.15) is 5.82 Å². The number of piperazine rings is 1. The summed E-state index contributed by atoms with van der Waals surface area (Å²) in [5.41, 5.74) is 2.99. The first kappa shape index (κ1) is 26.3. The van der Waals surface area contributed by atoms with E-state index in [1.807, 2.05) is 43.0 Å². The van der Waals surface area contributed by atoms with Gasteiger partial charge >= 0.3 is 12.0 Å². The third kappa shape index (κ3) is 5.67. The maximum Gasteiger partial charge on any atom is 0.338 e. The van der Waals surface area contributed by atoms with Crippen molar-refractivity contribution >= 4 is 17.9 Å². The van der Waals surface area contributed by atoms with E-state index in [1.54, 1.807) is 26.1 Å². The Bertz CT molecular complexity index is 1210. The molecule has 1 N–H and O–H groups in total. The lowest BCUT2D eigenvalue weighted by atomic mass is 9.94. The fourth-order valence-electron chi connectivity index (χ4n) is 4.89. The molecule has 4 rings (SSSR count). The molecule has 3 amide bonds. The molecule has 1 saturated heterocycles. The Morgan fingerprint density at radius 2 is 1.86 bits per heavy atom. The summed E-state index contributed by atoms with van der Waals surface area (Å²) in [6.45, 7) is 7.81. The molecule has 2 heterocycles. The maximum atomic E-state index is 14.0. The summed E-state index contributed by atoms with van der Waals surface area (Å²) in [7, 11) is 1.60. The highest BCUT2D eigenvalue weighted by Gasteiger charge is 2.38. The number of rotatable bonds is 6. The molecule has 196 valence electrons. The number of likely N-dealkylation sites (N-methyl/N-ethyl adjacent to an activating group) is 1. The lowest BCUT2D eigenvalue weighted by molar-refractivity contribution is -0.139. The molecule has 1 fully saturated rings. The Morgan fingerprint density at radius 1 is 1.14 bits per heavy atom. The molecule has 2 unspecified atom stereocenters. The number of hydrogen-bond acceptors (Lipinski definition) is 5. The van der Waals surface area contributed by atoms with E-state index < -0.39 is 23.9 Å². The number of halogens is 1. The molecule has 0 bridgehead atoms. The van der Waals surface area contributed by atoms with E-state index in [1.165, 1.54) is 17.0 Å². The molecule has 2 aliphatic heterocycles. The van der Waals surface area contributed by atoms with Crippen molar-refractivity contribution in [1.29, 1.82) is 0 Å². The summed E-state index contributed by atoms with van der Waals surface area (Å²) < 4.78 is 19.4. The Morgan fingerprint density at radius 3 is 2.51 bits per heavy atom. The zero-order valence-corrected chi connectivity index (χ0v) is 21.7. The van der Waals surface area contributed by atoms with Gasteiger partial charge in [0.25, 0.3) is 5.91 Å². The molecular weight excluding hydrogens is 475 g/mol. The average Bonchev–Trinajstić information content (AvgIpc) is 2.87. The molecule has 9 heteroatoms. The zero-order valence-electron chi connectivity index (χ0n) is 21.7. The molecule has 8 nitrogen and oxygen atoms in total. The van der Waals surface area contributed by atoms with Crippen molar-refractivity contribution in [3.05, 3.63) is 82.3 Å². The fourth-order valence-corrected chi connectivity index (χ4v) is 4.89. The molecule has 0 spiro atoms. The summed E-state index contributed by atoms with van der Waals surface area (Å²) in [6, 6.07) is 12.1. The van der Waals surface area contributed by atoms with E-state index in [0.717, 1.165) is 5.56 Å². The Labute approximate surface area is 216 Å². The van der Waals surface area contributed by atoms with E-state index in [9.17, 15) is 18.8 Å². The molecule has 0 saturated carbocycles. The highest BCUT2D eigenvalue weighted by atomic mass is 19.1. The minimum Gasteiger partial charge on any atom is -0.463 e. The van der Waals surface area contributed by atoms with E-state index in [2.05, 4.69) is 10.2 Å². The number of benzene rings is 2. The van der Waals surface area contributed by atoms with Crippen LogP contribution in [0.3, 0.4) is 0 Å². The number of ether oxygens (including phenoxy) is 1. The molecule has 2 aliphatic rings. The van der Waals surface area contributed by atoms with E-state index in [0.29, 0.717) is 43.0 Å². The van der Waals surface area contributed by atoms with Crippen molar-refractivity contribution in [2.24, 2.45) is 0 Å². The summed E-state index contributed by atoms with van der Waals surface area (Å²) in [5, 5.41) is 2.81. The van der Waals surface area contributed by atoms with Gasteiger partial charge in [-0.2, -0.15) is 0 Å². The first-order valence-corrected chi connectivity index (χ1v) is 12.5. The van der Waals surface area contributed by atoms with Crippen LogP contribution in [-0.4, -0.2) is 78.5 Å². The van der Waals surface area contributed by atoms with Crippen molar-refractivity contribution in [2.45, 2.75) is 32.9 Å². The van der Waals surface area contributed by atoms with Gasteiger partial charge < -0.3 is 15.0 Å². The van der Waals surface area contributed by atoms with Crippen LogP contribution in [0.5, 0.6) is 0 Å². The van der Waals surface area contributed by atoms with Gasteiger partial charge in [-0.3, -0.25) is 14.6 Å².